The molecule has 5 rings (SSSR count). The third kappa shape index (κ3) is 4.08. The van der Waals surface area contributed by atoms with E-state index in [0.29, 0.717) is 12.6 Å². The molecular weight excluding hydrogens is 386 g/mol. The van der Waals surface area contributed by atoms with Crippen molar-refractivity contribution in [3.8, 4) is 16.9 Å². The molecule has 1 heterocycles. The quantitative estimate of drug-likeness (QED) is 0.586. The molecule has 31 heavy (non-hydrogen) atoms. The summed E-state index contributed by atoms with van der Waals surface area (Å²) in [5, 5.41) is 9.11. The summed E-state index contributed by atoms with van der Waals surface area (Å²) in [4.78, 5) is 13.5. The van der Waals surface area contributed by atoms with E-state index in [1.807, 2.05) is 12.1 Å². The number of aliphatic carboxylic acids is 1. The first kappa shape index (κ1) is 19.8. The van der Waals surface area contributed by atoms with Gasteiger partial charge in [0.2, 0.25) is 0 Å². The Kier molecular flexibility index (Phi) is 5.24. The average Bonchev–Trinajstić information content (AvgIpc) is 3.14. The molecule has 3 aromatic carbocycles. The van der Waals surface area contributed by atoms with Crippen LogP contribution in [0.5, 0.6) is 5.75 Å². The van der Waals surface area contributed by atoms with Crippen molar-refractivity contribution in [1.82, 2.24) is 4.90 Å². The molecule has 1 fully saturated rings. The van der Waals surface area contributed by atoms with Gasteiger partial charge in [-0.25, -0.2) is 0 Å². The smallest absolute Gasteiger partial charge is 0.306 e. The first-order valence-electron chi connectivity index (χ1n) is 10.9. The molecule has 0 unspecified atom stereocenters. The Morgan fingerprint density at radius 2 is 1.77 bits per heavy atom. The van der Waals surface area contributed by atoms with E-state index in [0.717, 1.165) is 37.2 Å². The minimum atomic E-state index is -0.657. The molecule has 158 valence electrons. The summed E-state index contributed by atoms with van der Waals surface area (Å²) in [5.41, 5.74) is 7.52. The van der Waals surface area contributed by atoms with Gasteiger partial charge in [0.25, 0.3) is 0 Å². The molecule has 0 atom stereocenters. The van der Waals surface area contributed by atoms with Gasteiger partial charge in [-0.2, -0.15) is 0 Å². The maximum Gasteiger partial charge on any atom is 0.306 e. The van der Waals surface area contributed by atoms with E-state index in [-0.39, 0.29) is 5.92 Å². The van der Waals surface area contributed by atoms with Crippen LogP contribution in [0.1, 0.15) is 35.1 Å². The van der Waals surface area contributed by atoms with E-state index in [1.54, 1.807) is 0 Å². The zero-order valence-corrected chi connectivity index (χ0v) is 17.8. The van der Waals surface area contributed by atoms with Crippen LogP contribution in [0, 0.1) is 12.8 Å². The maximum atomic E-state index is 11.1. The molecule has 2 aliphatic rings. The van der Waals surface area contributed by atoms with Gasteiger partial charge in [-0.15, -0.1) is 0 Å². The highest BCUT2D eigenvalue weighted by molar-refractivity contribution is 5.71. The van der Waals surface area contributed by atoms with E-state index in [4.69, 9.17) is 9.84 Å². The average molecular weight is 414 g/mol. The van der Waals surface area contributed by atoms with Gasteiger partial charge in [0.15, 0.2) is 0 Å². The van der Waals surface area contributed by atoms with Crippen molar-refractivity contribution < 1.29 is 14.6 Å². The Morgan fingerprint density at radius 3 is 2.52 bits per heavy atom. The molecule has 0 amide bonds. The fourth-order valence-corrected chi connectivity index (χ4v) is 4.76. The molecule has 4 heteroatoms. The minimum Gasteiger partial charge on any atom is -0.489 e. The van der Waals surface area contributed by atoms with Crippen LogP contribution >= 0.6 is 0 Å². The fraction of sp³-hybridized carbons (Fsp3) is 0.296. The number of hydrogen-bond donors (Lipinski definition) is 1. The molecule has 3 aromatic rings. The molecule has 1 aliphatic heterocycles. The van der Waals surface area contributed by atoms with Gasteiger partial charge in [-0.05, 0) is 65.3 Å². The summed E-state index contributed by atoms with van der Waals surface area (Å²) in [6, 6.07) is 23.7. The van der Waals surface area contributed by atoms with Gasteiger partial charge >= 0.3 is 5.97 Å². The highest BCUT2D eigenvalue weighted by Gasteiger charge is 2.39. The molecule has 1 saturated carbocycles. The Balaban J connectivity index is 1.21. The number of aryl methyl sites for hydroxylation is 1. The summed E-state index contributed by atoms with van der Waals surface area (Å²) in [5.74, 6) is 0.0717. The number of benzene rings is 3. The highest BCUT2D eigenvalue weighted by atomic mass is 16.5. The fourth-order valence-electron chi connectivity index (χ4n) is 4.76. The second-order valence-corrected chi connectivity index (χ2v) is 8.80. The molecule has 0 aromatic heterocycles. The number of nitrogens with zero attached hydrogens (tertiary/aromatic N) is 1. The monoisotopic (exact) mass is 413 g/mol. The highest BCUT2D eigenvalue weighted by Crippen LogP contribution is 2.37. The first-order valence-corrected chi connectivity index (χ1v) is 10.9. The second kappa shape index (κ2) is 8.20. The lowest BCUT2D eigenvalue weighted by Crippen LogP contribution is -2.44. The SMILES string of the molecule is Cc1cc(COc2ccc3c(c2)CN(C2CC(C(=O)O)C2)C3)ccc1-c1ccccc1. The Hall–Kier alpha value is -3.11. The molecule has 1 N–H and O–H groups in total. The molecule has 0 bridgehead atoms. The van der Waals surface area contributed by atoms with Gasteiger partial charge in [-0.1, -0.05) is 54.6 Å². The maximum absolute atomic E-state index is 11.1. The van der Waals surface area contributed by atoms with Crippen LogP contribution in [0.15, 0.2) is 66.7 Å². The lowest BCUT2D eigenvalue weighted by molar-refractivity contribution is -0.147. The van der Waals surface area contributed by atoms with E-state index in [9.17, 15) is 4.79 Å². The van der Waals surface area contributed by atoms with Crippen molar-refractivity contribution >= 4 is 5.97 Å². The van der Waals surface area contributed by atoms with Crippen LogP contribution in [0.3, 0.4) is 0 Å². The Bertz CT molecular complexity index is 1100. The number of carboxylic acids is 1. The summed E-state index contributed by atoms with van der Waals surface area (Å²) in [6.45, 7) is 4.48. The topological polar surface area (TPSA) is 49.8 Å². The van der Waals surface area contributed by atoms with Crippen LogP contribution < -0.4 is 4.74 Å². The van der Waals surface area contributed by atoms with Crippen LogP contribution in [0.25, 0.3) is 11.1 Å². The van der Waals surface area contributed by atoms with E-state index >= 15 is 0 Å². The zero-order valence-electron chi connectivity index (χ0n) is 17.8. The normalized spacial score (nSPS) is 20.2. The van der Waals surface area contributed by atoms with Crippen molar-refractivity contribution in [2.24, 2.45) is 5.92 Å². The van der Waals surface area contributed by atoms with Gasteiger partial charge in [-0.3, -0.25) is 9.69 Å². The molecule has 4 nitrogen and oxygen atoms in total. The molecule has 1 aliphatic carbocycles. The van der Waals surface area contributed by atoms with Crippen LogP contribution in [0.2, 0.25) is 0 Å². The van der Waals surface area contributed by atoms with Gasteiger partial charge in [0, 0.05) is 19.1 Å². The van der Waals surface area contributed by atoms with Crippen molar-refractivity contribution in [1.29, 1.82) is 0 Å². The van der Waals surface area contributed by atoms with Gasteiger partial charge in [0.05, 0.1) is 5.92 Å². The summed E-state index contributed by atoms with van der Waals surface area (Å²) < 4.78 is 6.11. The predicted molar refractivity (Wildman–Crippen MR) is 121 cm³/mol. The number of rotatable bonds is 6. The lowest BCUT2D eigenvalue weighted by Gasteiger charge is -2.39. The van der Waals surface area contributed by atoms with Crippen LogP contribution in [-0.4, -0.2) is 22.0 Å². The second-order valence-electron chi connectivity index (χ2n) is 8.80. The number of hydrogen-bond acceptors (Lipinski definition) is 3. The Morgan fingerprint density at radius 1 is 1.00 bits per heavy atom. The van der Waals surface area contributed by atoms with Crippen molar-refractivity contribution in [2.75, 3.05) is 0 Å². The zero-order chi connectivity index (χ0) is 21.4. The molecule has 0 radical (unpaired) electrons. The third-order valence-electron chi connectivity index (χ3n) is 6.68. The number of fused-ring (bicyclic) bond motifs is 1. The van der Waals surface area contributed by atoms with Crippen molar-refractivity contribution in [2.45, 2.75) is 45.5 Å². The summed E-state index contributed by atoms with van der Waals surface area (Å²) >= 11 is 0. The minimum absolute atomic E-state index is 0.163. The predicted octanol–water partition coefficient (Wildman–Crippen LogP) is 5.42. The largest absolute Gasteiger partial charge is 0.489 e. The van der Waals surface area contributed by atoms with Crippen molar-refractivity contribution in [3.05, 3.63) is 89.0 Å². The van der Waals surface area contributed by atoms with Crippen LogP contribution in [0.4, 0.5) is 0 Å². The first-order chi connectivity index (χ1) is 15.1. The molecule has 0 spiro atoms. The van der Waals surface area contributed by atoms with Crippen LogP contribution in [-0.2, 0) is 24.5 Å². The standard InChI is InChI=1S/C27H27NO3/c1-18-11-19(7-10-26(18)20-5-3-2-4-6-20)17-31-25-9-8-21-15-28(16-23(21)14-25)24-12-22(13-24)27(29)30/h2-11,14,22,24H,12-13,15-17H2,1H3,(H,29,30). The lowest BCUT2D eigenvalue weighted by atomic mass is 9.79. The molecular formula is C27H27NO3. The van der Waals surface area contributed by atoms with E-state index < -0.39 is 5.97 Å². The third-order valence-corrected chi connectivity index (χ3v) is 6.68. The van der Waals surface area contributed by atoms with E-state index in [2.05, 4.69) is 66.4 Å². The number of carboxylic acid groups (broad SMARTS) is 1. The summed E-state index contributed by atoms with van der Waals surface area (Å²) in [7, 11) is 0. The van der Waals surface area contributed by atoms with Crippen molar-refractivity contribution in [3.63, 3.8) is 0 Å². The number of ether oxygens (including phenoxy) is 1. The van der Waals surface area contributed by atoms with Gasteiger partial charge in [0.1, 0.15) is 12.4 Å². The Labute approximate surface area is 183 Å². The summed E-state index contributed by atoms with van der Waals surface area (Å²) in [6.07, 6.45) is 1.54. The van der Waals surface area contributed by atoms with Gasteiger partial charge < -0.3 is 9.84 Å². The van der Waals surface area contributed by atoms with E-state index in [1.165, 1.54) is 27.8 Å². The number of carbonyl (C=O) groups is 1. The molecule has 0 saturated heterocycles.